The van der Waals surface area contributed by atoms with Gasteiger partial charge in [-0.15, -0.1) is 0 Å². The quantitative estimate of drug-likeness (QED) is 0.796. The van der Waals surface area contributed by atoms with E-state index in [1.54, 1.807) is 13.2 Å². The Morgan fingerprint density at radius 1 is 1.12 bits per heavy atom. The van der Waals surface area contributed by atoms with Crippen molar-refractivity contribution in [2.45, 2.75) is 13.3 Å². The molecule has 2 N–H and O–H groups in total. The summed E-state index contributed by atoms with van der Waals surface area (Å²) in [6.07, 6.45) is 0.160. The van der Waals surface area contributed by atoms with E-state index in [2.05, 4.69) is 26.6 Å². The summed E-state index contributed by atoms with van der Waals surface area (Å²) in [5.41, 5.74) is 2.50. The third-order valence-corrected chi connectivity index (χ3v) is 4.07. The summed E-state index contributed by atoms with van der Waals surface area (Å²) in [5, 5.41) is 5.36. The second-order valence-corrected chi connectivity index (χ2v) is 6.15. The third kappa shape index (κ3) is 5.09. The molecule has 0 fully saturated rings. The number of carbonyl (C=O) groups is 2. The number of aryl methyl sites for hydroxylation is 1. The molecule has 24 heavy (non-hydrogen) atoms. The van der Waals surface area contributed by atoms with Crippen LogP contribution in [0.1, 0.15) is 11.1 Å². The van der Waals surface area contributed by atoms with Crippen molar-refractivity contribution in [2.75, 3.05) is 19.0 Å². The monoisotopic (exact) mass is 390 g/mol. The van der Waals surface area contributed by atoms with E-state index < -0.39 is 0 Å². The molecular formula is C18H19BrN2O3. The lowest BCUT2D eigenvalue weighted by molar-refractivity contribution is -0.123. The van der Waals surface area contributed by atoms with E-state index in [-0.39, 0.29) is 24.8 Å². The Labute approximate surface area is 149 Å². The molecule has 5 nitrogen and oxygen atoms in total. The zero-order chi connectivity index (χ0) is 17.5. The molecule has 2 aromatic carbocycles. The highest BCUT2D eigenvalue weighted by molar-refractivity contribution is 9.10. The topological polar surface area (TPSA) is 67.4 Å². The molecule has 0 bridgehead atoms. The predicted molar refractivity (Wildman–Crippen MR) is 97.2 cm³/mol. The van der Waals surface area contributed by atoms with Crippen LogP contribution in [-0.2, 0) is 16.0 Å². The summed E-state index contributed by atoms with van der Waals surface area (Å²) >= 11 is 3.36. The maximum Gasteiger partial charge on any atom is 0.243 e. The lowest BCUT2D eigenvalue weighted by Crippen LogP contribution is -2.33. The fourth-order valence-corrected chi connectivity index (χ4v) is 2.60. The van der Waals surface area contributed by atoms with Gasteiger partial charge in [-0.05, 0) is 41.1 Å². The Morgan fingerprint density at radius 2 is 1.88 bits per heavy atom. The molecule has 0 atom stereocenters. The molecule has 0 spiro atoms. The van der Waals surface area contributed by atoms with Crippen molar-refractivity contribution in [1.29, 1.82) is 0 Å². The van der Waals surface area contributed by atoms with Gasteiger partial charge >= 0.3 is 0 Å². The van der Waals surface area contributed by atoms with E-state index in [1.165, 1.54) is 0 Å². The van der Waals surface area contributed by atoms with Crippen LogP contribution in [0.5, 0.6) is 5.75 Å². The van der Waals surface area contributed by atoms with Crippen LogP contribution in [0.3, 0.4) is 0 Å². The first kappa shape index (κ1) is 18.0. The number of rotatable bonds is 6. The summed E-state index contributed by atoms with van der Waals surface area (Å²) in [7, 11) is 1.57. The Hall–Kier alpha value is -2.34. The number of anilines is 1. The molecule has 2 aromatic rings. The molecule has 0 heterocycles. The Kier molecular flexibility index (Phi) is 6.37. The van der Waals surface area contributed by atoms with E-state index in [0.29, 0.717) is 11.4 Å². The van der Waals surface area contributed by atoms with Gasteiger partial charge in [0.15, 0.2) is 0 Å². The summed E-state index contributed by atoms with van der Waals surface area (Å²) < 4.78 is 6.04. The highest BCUT2D eigenvalue weighted by Crippen LogP contribution is 2.21. The number of halogens is 1. The minimum absolute atomic E-state index is 0.0890. The fourth-order valence-electron chi connectivity index (χ4n) is 2.22. The number of para-hydroxylation sites is 1. The van der Waals surface area contributed by atoms with Crippen molar-refractivity contribution in [1.82, 2.24) is 5.32 Å². The van der Waals surface area contributed by atoms with E-state index in [4.69, 9.17) is 4.74 Å². The van der Waals surface area contributed by atoms with Gasteiger partial charge in [0, 0.05) is 10.0 Å². The highest BCUT2D eigenvalue weighted by Gasteiger charge is 2.11. The molecule has 126 valence electrons. The Bertz CT molecular complexity index is 747. The summed E-state index contributed by atoms with van der Waals surface area (Å²) in [6, 6.07) is 12.9. The molecule has 0 aliphatic rings. The predicted octanol–water partition coefficient (Wildman–Crippen LogP) is 3.06. The number of amides is 2. The minimum Gasteiger partial charge on any atom is -0.496 e. The zero-order valence-corrected chi connectivity index (χ0v) is 15.1. The number of nitrogens with one attached hydrogen (secondary N) is 2. The summed E-state index contributed by atoms with van der Waals surface area (Å²) in [5.74, 6) is 0.140. The Balaban J connectivity index is 1.88. The van der Waals surface area contributed by atoms with Gasteiger partial charge in [0.05, 0.1) is 25.8 Å². The van der Waals surface area contributed by atoms with Crippen molar-refractivity contribution in [2.24, 2.45) is 0 Å². The number of hydrogen-bond acceptors (Lipinski definition) is 3. The van der Waals surface area contributed by atoms with Crippen molar-refractivity contribution < 1.29 is 14.3 Å². The van der Waals surface area contributed by atoms with E-state index in [9.17, 15) is 9.59 Å². The molecule has 2 rings (SSSR count). The molecule has 0 aromatic heterocycles. The average molecular weight is 391 g/mol. The fraction of sp³-hybridized carbons (Fsp3) is 0.222. The number of methoxy groups -OCH3 is 1. The molecule has 0 saturated heterocycles. The third-order valence-electron chi connectivity index (χ3n) is 3.38. The van der Waals surface area contributed by atoms with E-state index >= 15 is 0 Å². The van der Waals surface area contributed by atoms with Gasteiger partial charge < -0.3 is 15.4 Å². The lowest BCUT2D eigenvalue weighted by Gasteiger charge is -2.11. The van der Waals surface area contributed by atoms with E-state index in [0.717, 1.165) is 15.6 Å². The second-order valence-electron chi connectivity index (χ2n) is 5.30. The largest absolute Gasteiger partial charge is 0.496 e. The summed E-state index contributed by atoms with van der Waals surface area (Å²) in [6.45, 7) is 1.86. The normalized spacial score (nSPS) is 10.1. The van der Waals surface area contributed by atoms with Gasteiger partial charge in [0.1, 0.15) is 5.75 Å². The number of carbonyl (C=O) groups excluding carboxylic acids is 2. The molecule has 0 aliphatic carbocycles. The first-order chi connectivity index (χ1) is 11.5. The van der Waals surface area contributed by atoms with E-state index in [1.807, 2.05) is 43.3 Å². The van der Waals surface area contributed by atoms with Crippen molar-refractivity contribution in [3.63, 3.8) is 0 Å². The molecule has 0 radical (unpaired) electrons. The molecule has 0 aliphatic heterocycles. The van der Waals surface area contributed by atoms with Crippen LogP contribution < -0.4 is 15.4 Å². The molecule has 2 amide bonds. The van der Waals surface area contributed by atoms with Crippen molar-refractivity contribution in [3.05, 3.63) is 58.1 Å². The molecule has 0 unspecified atom stereocenters. The number of ether oxygens (including phenoxy) is 1. The maximum absolute atomic E-state index is 12.1. The molecule has 6 heteroatoms. The smallest absolute Gasteiger partial charge is 0.243 e. The van der Waals surface area contributed by atoms with Gasteiger partial charge in [0.2, 0.25) is 11.8 Å². The van der Waals surface area contributed by atoms with Gasteiger partial charge in [0.25, 0.3) is 0 Å². The number of benzene rings is 2. The second kappa shape index (κ2) is 8.49. The standard InChI is InChI=1S/C18H19BrN2O3/c1-12-7-8-16(24-2)13(9-12)10-17(22)20-11-18(23)21-15-6-4-3-5-14(15)19/h3-9H,10-11H2,1-2H3,(H,20,22)(H,21,23). The van der Waals surface area contributed by atoms with Crippen molar-refractivity contribution in [3.8, 4) is 5.75 Å². The van der Waals surface area contributed by atoms with Crippen LogP contribution in [0.2, 0.25) is 0 Å². The van der Waals surface area contributed by atoms with Crippen molar-refractivity contribution >= 4 is 33.4 Å². The van der Waals surface area contributed by atoms with Gasteiger partial charge in [-0.1, -0.05) is 29.8 Å². The van der Waals surface area contributed by atoms with Crippen LogP contribution >= 0.6 is 15.9 Å². The minimum atomic E-state index is -0.286. The van der Waals surface area contributed by atoms with Crippen LogP contribution in [0.4, 0.5) is 5.69 Å². The van der Waals surface area contributed by atoms with Gasteiger partial charge in [-0.2, -0.15) is 0 Å². The zero-order valence-electron chi connectivity index (χ0n) is 13.6. The first-order valence-electron chi connectivity index (χ1n) is 7.44. The summed E-state index contributed by atoms with van der Waals surface area (Å²) in [4.78, 5) is 24.0. The number of hydrogen-bond donors (Lipinski definition) is 2. The van der Waals surface area contributed by atoms with Crippen LogP contribution in [-0.4, -0.2) is 25.5 Å². The van der Waals surface area contributed by atoms with Gasteiger partial charge in [-0.3, -0.25) is 9.59 Å². The van der Waals surface area contributed by atoms with Crippen LogP contribution in [0.15, 0.2) is 46.9 Å². The van der Waals surface area contributed by atoms with Gasteiger partial charge in [-0.25, -0.2) is 0 Å². The Morgan fingerprint density at radius 3 is 2.58 bits per heavy atom. The highest BCUT2D eigenvalue weighted by atomic mass is 79.9. The average Bonchev–Trinajstić information content (AvgIpc) is 2.55. The van der Waals surface area contributed by atoms with Crippen LogP contribution in [0, 0.1) is 6.92 Å². The SMILES string of the molecule is COc1ccc(C)cc1CC(=O)NCC(=O)Nc1ccccc1Br. The lowest BCUT2D eigenvalue weighted by atomic mass is 10.1. The maximum atomic E-state index is 12.1. The molecule has 0 saturated carbocycles. The first-order valence-corrected chi connectivity index (χ1v) is 8.23. The molecular weight excluding hydrogens is 372 g/mol. The van der Waals surface area contributed by atoms with Crippen LogP contribution in [0.25, 0.3) is 0 Å².